The number of hydrogen-bond acceptors (Lipinski definition) is 7. The summed E-state index contributed by atoms with van der Waals surface area (Å²) >= 11 is 5.35. The minimum Gasteiger partial charge on any atom is -0.493 e. The van der Waals surface area contributed by atoms with E-state index in [-0.39, 0.29) is 27.9 Å². The summed E-state index contributed by atoms with van der Waals surface area (Å²) in [4.78, 5) is 24.3. The first-order valence-electron chi connectivity index (χ1n) is 9.39. The molecule has 2 aromatic carbocycles. The molecule has 0 saturated heterocycles. The second-order valence-electron chi connectivity index (χ2n) is 6.67. The second kappa shape index (κ2) is 9.65. The van der Waals surface area contributed by atoms with Gasteiger partial charge in [0, 0.05) is 6.92 Å². The number of hydrogen-bond donors (Lipinski definition) is 2. The maximum atomic E-state index is 13.5. The number of methoxy groups -OCH3 is 3. The predicted octanol–water partition coefficient (Wildman–Crippen LogP) is 2.87. The third kappa shape index (κ3) is 4.65. The van der Waals surface area contributed by atoms with Crippen LogP contribution in [0.1, 0.15) is 24.1 Å². The maximum Gasteiger partial charge on any atom is 0.338 e. The Bertz CT molecular complexity index is 1080. The zero-order chi connectivity index (χ0) is 23.4. The molecule has 0 aromatic heterocycles. The Morgan fingerprint density at radius 1 is 1.03 bits per heavy atom. The molecule has 0 fully saturated rings. The van der Waals surface area contributed by atoms with E-state index in [1.807, 2.05) is 0 Å². The lowest BCUT2D eigenvalue weighted by Crippen LogP contribution is -2.45. The van der Waals surface area contributed by atoms with Gasteiger partial charge in [0.25, 0.3) is 0 Å². The molecule has 1 heterocycles. The zero-order valence-corrected chi connectivity index (χ0v) is 18.6. The SMILES string of the molecule is COC(=O)C1=C(c2ccc(F)cc2)NC(=S)NC1c1cc(OC)c(OC(C)=O)c(OC)c1. The van der Waals surface area contributed by atoms with Gasteiger partial charge in [0.05, 0.1) is 38.6 Å². The first kappa shape index (κ1) is 23.0. The first-order chi connectivity index (χ1) is 15.3. The molecular formula is C22H21FN2O6S. The van der Waals surface area contributed by atoms with E-state index < -0.39 is 23.8 Å². The normalized spacial score (nSPS) is 15.4. The fraction of sp³-hybridized carbons (Fsp3) is 0.227. The third-order valence-corrected chi connectivity index (χ3v) is 4.89. The van der Waals surface area contributed by atoms with Crippen molar-refractivity contribution in [3.8, 4) is 17.2 Å². The van der Waals surface area contributed by atoms with Crippen LogP contribution in [0.25, 0.3) is 5.70 Å². The van der Waals surface area contributed by atoms with E-state index in [1.165, 1.54) is 52.5 Å². The van der Waals surface area contributed by atoms with Crippen LogP contribution in [-0.2, 0) is 14.3 Å². The van der Waals surface area contributed by atoms with Gasteiger partial charge in [0.1, 0.15) is 5.82 Å². The summed E-state index contributed by atoms with van der Waals surface area (Å²) < 4.78 is 34.5. The van der Waals surface area contributed by atoms with E-state index in [0.717, 1.165) is 0 Å². The molecule has 0 saturated carbocycles. The predicted molar refractivity (Wildman–Crippen MR) is 118 cm³/mol. The van der Waals surface area contributed by atoms with Crippen molar-refractivity contribution in [2.75, 3.05) is 21.3 Å². The Labute approximate surface area is 189 Å². The van der Waals surface area contributed by atoms with E-state index in [1.54, 1.807) is 12.1 Å². The Balaban J connectivity index is 2.23. The number of thiocarbonyl (C=S) groups is 1. The minimum absolute atomic E-state index is 0.102. The molecule has 0 amide bonds. The van der Waals surface area contributed by atoms with Gasteiger partial charge in [-0.15, -0.1) is 0 Å². The molecule has 10 heteroatoms. The fourth-order valence-corrected chi connectivity index (χ4v) is 3.52. The molecule has 3 rings (SSSR count). The summed E-state index contributed by atoms with van der Waals surface area (Å²) in [6.45, 7) is 1.26. The number of esters is 2. The van der Waals surface area contributed by atoms with Crippen LogP contribution >= 0.6 is 12.2 Å². The highest BCUT2D eigenvalue weighted by atomic mass is 32.1. The number of carbonyl (C=O) groups is 2. The van der Waals surface area contributed by atoms with Gasteiger partial charge in [-0.2, -0.15) is 0 Å². The Kier molecular flexibility index (Phi) is 6.94. The van der Waals surface area contributed by atoms with Crippen molar-refractivity contribution in [3.63, 3.8) is 0 Å². The van der Waals surface area contributed by atoms with Crippen molar-refractivity contribution in [2.45, 2.75) is 13.0 Å². The van der Waals surface area contributed by atoms with Crippen molar-refractivity contribution in [1.29, 1.82) is 0 Å². The molecule has 0 spiro atoms. The highest BCUT2D eigenvalue weighted by molar-refractivity contribution is 7.80. The molecule has 2 aromatic rings. The van der Waals surface area contributed by atoms with Crippen LogP contribution in [-0.4, -0.2) is 38.4 Å². The van der Waals surface area contributed by atoms with Crippen LogP contribution in [0, 0.1) is 5.82 Å². The van der Waals surface area contributed by atoms with Crippen LogP contribution in [0.15, 0.2) is 42.0 Å². The zero-order valence-electron chi connectivity index (χ0n) is 17.8. The topological polar surface area (TPSA) is 95.1 Å². The van der Waals surface area contributed by atoms with E-state index in [2.05, 4.69) is 10.6 Å². The molecule has 0 aliphatic carbocycles. The summed E-state index contributed by atoms with van der Waals surface area (Å²) in [6, 6.07) is 8.02. The van der Waals surface area contributed by atoms with Gasteiger partial charge in [-0.3, -0.25) is 4.79 Å². The highest BCUT2D eigenvalue weighted by Gasteiger charge is 2.34. The fourth-order valence-electron chi connectivity index (χ4n) is 3.30. The average Bonchev–Trinajstić information content (AvgIpc) is 2.78. The number of ether oxygens (including phenoxy) is 4. The van der Waals surface area contributed by atoms with Gasteiger partial charge >= 0.3 is 11.9 Å². The van der Waals surface area contributed by atoms with Crippen LogP contribution < -0.4 is 24.8 Å². The molecule has 2 N–H and O–H groups in total. The summed E-state index contributed by atoms with van der Waals surface area (Å²) in [6.07, 6.45) is 0. The van der Waals surface area contributed by atoms with Crippen LogP contribution in [0.3, 0.4) is 0 Å². The number of nitrogens with one attached hydrogen (secondary N) is 2. The molecule has 1 aliphatic rings. The maximum absolute atomic E-state index is 13.5. The van der Waals surface area contributed by atoms with Gasteiger partial charge < -0.3 is 29.6 Å². The smallest absolute Gasteiger partial charge is 0.338 e. The molecule has 168 valence electrons. The molecule has 32 heavy (non-hydrogen) atoms. The molecular weight excluding hydrogens is 439 g/mol. The van der Waals surface area contributed by atoms with Crippen molar-refractivity contribution in [3.05, 3.63) is 58.9 Å². The minimum atomic E-state index is -0.773. The summed E-state index contributed by atoms with van der Waals surface area (Å²) in [5, 5.41) is 6.24. The largest absolute Gasteiger partial charge is 0.493 e. The lowest BCUT2D eigenvalue weighted by molar-refractivity contribution is -0.136. The number of carbonyl (C=O) groups excluding carboxylic acids is 2. The van der Waals surface area contributed by atoms with Crippen LogP contribution in [0.4, 0.5) is 4.39 Å². The standard InChI is InChI=1S/C22H21FN2O6S/c1-11(26)31-20-15(28-2)9-13(10-16(20)29-3)19-17(21(27)30-4)18(24-22(32)25-19)12-5-7-14(23)8-6-12/h5-10,19H,1-4H3,(H2,24,25,32). The van der Waals surface area contributed by atoms with Crippen molar-refractivity contribution >= 4 is 35.0 Å². The molecule has 1 atom stereocenters. The number of benzene rings is 2. The molecule has 8 nitrogen and oxygen atoms in total. The second-order valence-corrected chi connectivity index (χ2v) is 7.08. The Morgan fingerprint density at radius 3 is 2.12 bits per heavy atom. The summed E-state index contributed by atoms with van der Waals surface area (Å²) in [5.74, 6) is -1.06. The third-order valence-electron chi connectivity index (χ3n) is 4.67. The van der Waals surface area contributed by atoms with Gasteiger partial charge in [0.15, 0.2) is 16.6 Å². The lowest BCUT2D eigenvalue weighted by Gasteiger charge is -2.31. The monoisotopic (exact) mass is 460 g/mol. The Hall–Kier alpha value is -3.66. The average molecular weight is 460 g/mol. The van der Waals surface area contributed by atoms with E-state index in [4.69, 9.17) is 31.2 Å². The summed E-state index contributed by atoms with van der Waals surface area (Å²) in [7, 11) is 4.08. The van der Waals surface area contributed by atoms with Crippen LogP contribution in [0.2, 0.25) is 0 Å². The first-order valence-corrected chi connectivity index (χ1v) is 9.80. The molecule has 0 radical (unpaired) electrons. The van der Waals surface area contributed by atoms with Crippen LogP contribution in [0.5, 0.6) is 17.2 Å². The van der Waals surface area contributed by atoms with Gasteiger partial charge in [0.2, 0.25) is 5.75 Å². The van der Waals surface area contributed by atoms with Crippen molar-refractivity contribution in [2.24, 2.45) is 0 Å². The molecule has 1 aliphatic heterocycles. The van der Waals surface area contributed by atoms with Crippen molar-refractivity contribution in [1.82, 2.24) is 10.6 Å². The lowest BCUT2D eigenvalue weighted by atomic mass is 9.92. The van der Waals surface area contributed by atoms with E-state index in [9.17, 15) is 14.0 Å². The number of rotatable bonds is 6. The Morgan fingerprint density at radius 2 is 1.62 bits per heavy atom. The van der Waals surface area contributed by atoms with E-state index >= 15 is 0 Å². The molecule has 1 unspecified atom stereocenters. The highest BCUT2D eigenvalue weighted by Crippen LogP contribution is 2.42. The molecule has 0 bridgehead atoms. The van der Waals surface area contributed by atoms with E-state index in [0.29, 0.717) is 16.8 Å². The number of halogens is 1. The quantitative estimate of drug-likeness (QED) is 0.383. The van der Waals surface area contributed by atoms with Gasteiger partial charge in [-0.1, -0.05) is 0 Å². The van der Waals surface area contributed by atoms with Gasteiger partial charge in [-0.25, -0.2) is 9.18 Å². The van der Waals surface area contributed by atoms with Crippen molar-refractivity contribution < 1.29 is 32.9 Å². The van der Waals surface area contributed by atoms with Gasteiger partial charge in [-0.05, 0) is 59.7 Å². The summed E-state index contributed by atoms with van der Waals surface area (Å²) in [5.41, 5.74) is 1.64.